The van der Waals surface area contributed by atoms with Crippen molar-refractivity contribution in [2.24, 2.45) is 10.7 Å². The minimum atomic E-state index is -4.76. The van der Waals surface area contributed by atoms with Gasteiger partial charge in [0.05, 0.1) is 11.7 Å². The summed E-state index contributed by atoms with van der Waals surface area (Å²) in [5.74, 6) is -1.60. The minimum absolute atomic E-state index is 0.0955. The zero-order valence-electron chi connectivity index (χ0n) is 17.5. The van der Waals surface area contributed by atoms with Crippen LogP contribution >= 0.6 is 0 Å². The number of aliphatic imine (C=N–C) groups is 1. The fraction of sp³-hybridized carbons (Fsp3) is 0.381. The van der Waals surface area contributed by atoms with E-state index in [0.29, 0.717) is 0 Å². The first-order valence-corrected chi connectivity index (χ1v) is 9.73. The average Bonchev–Trinajstić information content (AvgIpc) is 2.72. The Bertz CT molecular complexity index is 1080. The summed E-state index contributed by atoms with van der Waals surface area (Å²) in [6.45, 7) is -0.251. The van der Waals surface area contributed by atoms with Gasteiger partial charge in [-0.05, 0) is 36.8 Å². The van der Waals surface area contributed by atoms with Crippen molar-refractivity contribution in [3.8, 4) is 5.75 Å². The van der Waals surface area contributed by atoms with E-state index in [1.807, 2.05) is 0 Å². The van der Waals surface area contributed by atoms with Crippen molar-refractivity contribution in [2.75, 3.05) is 6.61 Å². The highest BCUT2D eigenvalue weighted by Gasteiger charge is 2.50. The van der Waals surface area contributed by atoms with Gasteiger partial charge in [-0.1, -0.05) is 6.07 Å². The molecule has 1 aliphatic rings. The van der Waals surface area contributed by atoms with Gasteiger partial charge in [0, 0.05) is 18.4 Å². The van der Waals surface area contributed by atoms with Crippen LogP contribution in [-0.4, -0.2) is 41.9 Å². The Hall–Kier alpha value is -3.38. The van der Waals surface area contributed by atoms with Crippen LogP contribution in [0.3, 0.4) is 0 Å². The third-order valence-corrected chi connectivity index (χ3v) is 4.97. The molecule has 0 fully saturated rings. The smallest absolute Gasteiger partial charge is 0.425 e. The zero-order valence-corrected chi connectivity index (χ0v) is 17.5. The number of aromatic nitrogens is 1. The molecule has 6 nitrogen and oxygen atoms in total. The number of ether oxygens (including phenoxy) is 2. The summed E-state index contributed by atoms with van der Waals surface area (Å²) in [7, 11) is 0. The van der Waals surface area contributed by atoms with Gasteiger partial charge in [0.2, 0.25) is 0 Å². The number of amidine groups is 1. The molecule has 184 valence electrons. The number of halogens is 7. The maximum Gasteiger partial charge on any atom is 0.425 e. The minimum Gasteiger partial charge on any atom is -0.483 e. The number of hydrogen-bond donors (Lipinski definition) is 1. The van der Waals surface area contributed by atoms with E-state index < -0.39 is 54.6 Å². The van der Waals surface area contributed by atoms with Crippen molar-refractivity contribution in [2.45, 2.75) is 43.8 Å². The van der Waals surface area contributed by atoms with Gasteiger partial charge in [-0.25, -0.2) is 14.4 Å². The number of pyridine rings is 1. The average molecular weight is 493 g/mol. The van der Waals surface area contributed by atoms with Crippen LogP contribution < -0.4 is 10.5 Å². The first kappa shape index (κ1) is 25.2. The van der Waals surface area contributed by atoms with Crippen molar-refractivity contribution in [3.05, 3.63) is 59.2 Å². The summed E-state index contributed by atoms with van der Waals surface area (Å²) in [4.78, 5) is 20.2. The van der Waals surface area contributed by atoms with Crippen LogP contribution in [0, 0.1) is 5.82 Å². The Balaban J connectivity index is 1.79. The van der Waals surface area contributed by atoms with Crippen molar-refractivity contribution < 1.29 is 45.0 Å². The van der Waals surface area contributed by atoms with Crippen molar-refractivity contribution >= 4 is 11.8 Å². The molecule has 0 amide bonds. The molecule has 1 aliphatic heterocycles. The number of carbonyl (C=O) groups excluding carboxylic acids is 1. The van der Waals surface area contributed by atoms with Crippen molar-refractivity contribution in [1.82, 2.24) is 4.98 Å². The van der Waals surface area contributed by atoms with Gasteiger partial charge < -0.3 is 15.2 Å². The van der Waals surface area contributed by atoms with Crippen LogP contribution in [0.1, 0.15) is 35.0 Å². The molecular formula is C21H18F7N3O3. The summed E-state index contributed by atoms with van der Waals surface area (Å²) in [5, 5.41) is 0. The van der Waals surface area contributed by atoms with Gasteiger partial charge in [0.15, 0.2) is 18.5 Å². The predicted molar refractivity (Wildman–Crippen MR) is 105 cm³/mol. The molecule has 0 saturated carbocycles. The van der Waals surface area contributed by atoms with E-state index in [-0.39, 0.29) is 29.0 Å². The van der Waals surface area contributed by atoms with E-state index >= 15 is 0 Å². The fourth-order valence-electron chi connectivity index (χ4n) is 3.38. The Morgan fingerprint density at radius 2 is 1.91 bits per heavy atom. The van der Waals surface area contributed by atoms with E-state index in [9.17, 15) is 35.5 Å². The highest BCUT2D eigenvalue weighted by molar-refractivity contribution is 5.95. The molecule has 0 unspecified atom stereocenters. The van der Waals surface area contributed by atoms with Crippen LogP contribution in [0.25, 0.3) is 0 Å². The normalized spacial score (nSPS) is 20.9. The fourth-order valence-corrected chi connectivity index (χ4v) is 3.38. The first-order chi connectivity index (χ1) is 15.7. The molecule has 0 spiro atoms. The quantitative estimate of drug-likeness (QED) is 0.474. The molecule has 0 bridgehead atoms. The maximum atomic E-state index is 14.6. The van der Waals surface area contributed by atoms with Crippen molar-refractivity contribution in [3.63, 3.8) is 0 Å². The number of Topliss-reactive ketones (excluding diaryl/α,β-unsaturated/α-hetero) is 1. The molecule has 2 heterocycles. The molecule has 2 N–H and O–H groups in total. The van der Waals surface area contributed by atoms with E-state index in [1.54, 1.807) is 0 Å². The van der Waals surface area contributed by atoms with Crippen LogP contribution in [0.4, 0.5) is 30.7 Å². The Kier molecular flexibility index (Phi) is 6.76. The number of benzene rings is 1. The summed E-state index contributed by atoms with van der Waals surface area (Å²) in [6.07, 6.45) is -11.7. The summed E-state index contributed by atoms with van der Waals surface area (Å²) in [5.41, 5.74) is 3.65. The standard InChI is InChI=1S/C21H18F7N3O3/c1-19(8-17(21(26,27)28)34-18(29)31-19)13-6-11(2-4-14(13)22)7-16(32)15-5-3-12(9-30-15)33-10-20(23,24)25/h2-6,9,17H,7-8,10H2,1H3,(H2,29,31)/t17-,19-/m0/s1. The SMILES string of the molecule is C[C@@]1(c2cc(CC(=O)c3ccc(OCC(F)(F)F)cn3)ccc2F)C[C@@H](C(F)(F)F)OC(N)=N1. The monoisotopic (exact) mass is 493 g/mol. The predicted octanol–water partition coefficient (Wildman–Crippen LogP) is 4.47. The largest absolute Gasteiger partial charge is 0.483 e. The number of rotatable bonds is 6. The highest BCUT2D eigenvalue weighted by Crippen LogP contribution is 2.41. The van der Waals surface area contributed by atoms with Gasteiger partial charge in [-0.3, -0.25) is 4.79 Å². The molecule has 2 aromatic rings. The lowest BCUT2D eigenvalue weighted by Crippen LogP contribution is -2.46. The second-order valence-corrected chi connectivity index (χ2v) is 7.77. The summed E-state index contributed by atoms with van der Waals surface area (Å²) in [6, 6.07) is 5.04. The number of nitrogens with two attached hydrogens (primary N) is 1. The van der Waals surface area contributed by atoms with Crippen LogP contribution in [0.5, 0.6) is 5.75 Å². The number of alkyl halides is 6. The zero-order chi connectivity index (χ0) is 25.3. The van der Waals surface area contributed by atoms with Crippen LogP contribution in [0.15, 0.2) is 41.5 Å². The molecule has 1 aromatic carbocycles. The lowest BCUT2D eigenvalue weighted by Gasteiger charge is -2.36. The third-order valence-electron chi connectivity index (χ3n) is 4.97. The second kappa shape index (κ2) is 9.11. The van der Waals surface area contributed by atoms with E-state index in [2.05, 4.69) is 19.5 Å². The Morgan fingerprint density at radius 1 is 1.21 bits per heavy atom. The molecule has 0 radical (unpaired) electrons. The topological polar surface area (TPSA) is 86.8 Å². The molecule has 0 saturated heterocycles. The van der Waals surface area contributed by atoms with E-state index in [0.717, 1.165) is 24.4 Å². The van der Waals surface area contributed by atoms with Crippen LogP contribution in [-0.2, 0) is 16.7 Å². The number of nitrogens with zero attached hydrogens (tertiary/aromatic N) is 2. The molecule has 3 rings (SSSR count). The third kappa shape index (κ3) is 6.14. The van der Waals surface area contributed by atoms with Gasteiger partial charge in [0.25, 0.3) is 6.02 Å². The lowest BCUT2D eigenvalue weighted by atomic mass is 9.84. The molecule has 1 aromatic heterocycles. The number of ketones is 1. The summed E-state index contributed by atoms with van der Waals surface area (Å²) >= 11 is 0. The molecule has 2 atom stereocenters. The van der Waals surface area contributed by atoms with Gasteiger partial charge in [0.1, 0.15) is 17.3 Å². The second-order valence-electron chi connectivity index (χ2n) is 7.77. The molecule has 13 heteroatoms. The first-order valence-electron chi connectivity index (χ1n) is 9.73. The van der Waals surface area contributed by atoms with Gasteiger partial charge in [-0.2, -0.15) is 26.3 Å². The van der Waals surface area contributed by atoms with Crippen LogP contribution in [0.2, 0.25) is 0 Å². The van der Waals surface area contributed by atoms with E-state index in [1.165, 1.54) is 19.1 Å². The Labute approximate surface area is 188 Å². The lowest BCUT2D eigenvalue weighted by molar-refractivity contribution is -0.208. The number of hydrogen-bond acceptors (Lipinski definition) is 6. The maximum absolute atomic E-state index is 14.6. The number of carbonyl (C=O) groups is 1. The van der Waals surface area contributed by atoms with Gasteiger partial charge >= 0.3 is 12.4 Å². The Morgan fingerprint density at radius 3 is 2.50 bits per heavy atom. The highest BCUT2D eigenvalue weighted by atomic mass is 19.4. The van der Waals surface area contributed by atoms with Crippen molar-refractivity contribution in [1.29, 1.82) is 0 Å². The summed E-state index contributed by atoms with van der Waals surface area (Å²) < 4.78 is 99.9. The molecule has 0 aliphatic carbocycles. The van der Waals surface area contributed by atoms with E-state index in [4.69, 9.17) is 5.73 Å². The molecule has 34 heavy (non-hydrogen) atoms. The molecular weight excluding hydrogens is 475 g/mol. The van der Waals surface area contributed by atoms with Gasteiger partial charge in [-0.15, -0.1) is 0 Å².